The summed E-state index contributed by atoms with van der Waals surface area (Å²) in [6.07, 6.45) is 0. The van der Waals surface area contributed by atoms with Crippen LogP contribution >= 0.6 is 11.6 Å². The normalized spacial score (nSPS) is 9.95. The number of anilines is 1. The predicted octanol–water partition coefficient (Wildman–Crippen LogP) is 3.29. The smallest absolute Gasteiger partial charge is 0.340 e. The number of benzene rings is 2. The van der Waals surface area contributed by atoms with Gasteiger partial charge in [-0.2, -0.15) is 5.26 Å². The molecule has 0 amide bonds. The Morgan fingerprint density at radius 2 is 2.10 bits per heavy atom. The first-order chi connectivity index (χ1) is 10.0. The van der Waals surface area contributed by atoms with Crippen LogP contribution in [-0.2, 0) is 11.3 Å². The number of nitrogens with two attached hydrogens (primary N) is 1. The van der Waals surface area contributed by atoms with Crippen molar-refractivity contribution in [1.29, 1.82) is 5.26 Å². The van der Waals surface area contributed by atoms with Crippen LogP contribution in [0.4, 0.5) is 10.1 Å². The first-order valence-electron chi connectivity index (χ1n) is 5.92. The van der Waals surface area contributed by atoms with Gasteiger partial charge in [-0.3, -0.25) is 0 Å². The van der Waals surface area contributed by atoms with E-state index in [1.807, 2.05) is 6.07 Å². The number of nitriles is 1. The zero-order chi connectivity index (χ0) is 15.4. The second-order valence-electron chi connectivity index (χ2n) is 4.23. The summed E-state index contributed by atoms with van der Waals surface area (Å²) >= 11 is 5.74. The van der Waals surface area contributed by atoms with Crippen molar-refractivity contribution in [2.75, 3.05) is 5.73 Å². The largest absolute Gasteiger partial charge is 0.457 e. The predicted molar refractivity (Wildman–Crippen MR) is 76.1 cm³/mol. The van der Waals surface area contributed by atoms with Crippen LogP contribution in [0, 0.1) is 17.1 Å². The molecule has 2 aromatic rings. The van der Waals surface area contributed by atoms with Crippen molar-refractivity contribution in [3.8, 4) is 6.07 Å². The molecule has 0 saturated heterocycles. The van der Waals surface area contributed by atoms with Crippen LogP contribution in [-0.4, -0.2) is 5.97 Å². The number of nitrogens with zero attached hydrogens (tertiary/aromatic N) is 1. The lowest BCUT2D eigenvalue weighted by molar-refractivity contribution is 0.0470. The summed E-state index contributed by atoms with van der Waals surface area (Å²) in [5, 5.41) is 9.05. The first kappa shape index (κ1) is 14.8. The van der Waals surface area contributed by atoms with Gasteiger partial charge in [-0.05, 0) is 30.3 Å². The summed E-state index contributed by atoms with van der Waals surface area (Å²) in [7, 11) is 0. The summed E-state index contributed by atoms with van der Waals surface area (Å²) in [5.74, 6) is -1.28. The fraction of sp³-hybridized carbons (Fsp3) is 0.0667. The van der Waals surface area contributed by atoms with Gasteiger partial charge in [0.1, 0.15) is 12.4 Å². The molecule has 21 heavy (non-hydrogen) atoms. The molecule has 2 aromatic carbocycles. The number of carbonyl (C=O) groups excluding carboxylic acids is 1. The van der Waals surface area contributed by atoms with E-state index in [1.165, 1.54) is 30.3 Å². The number of hydrogen-bond acceptors (Lipinski definition) is 4. The van der Waals surface area contributed by atoms with E-state index in [0.717, 1.165) is 6.07 Å². The topological polar surface area (TPSA) is 76.1 Å². The van der Waals surface area contributed by atoms with E-state index in [2.05, 4.69) is 0 Å². The van der Waals surface area contributed by atoms with Gasteiger partial charge in [0.15, 0.2) is 0 Å². The van der Waals surface area contributed by atoms with Crippen molar-refractivity contribution < 1.29 is 13.9 Å². The Hall–Kier alpha value is -2.58. The molecule has 4 nitrogen and oxygen atoms in total. The molecular formula is C15H10ClFN2O2. The fourth-order valence-corrected chi connectivity index (χ4v) is 1.85. The van der Waals surface area contributed by atoms with Gasteiger partial charge in [-0.25, -0.2) is 9.18 Å². The van der Waals surface area contributed by atoms with E-state index in [-0.39, 0.29) is 29.0 Å². The second kappa shape index (κ2) is 6.25. The summed E-state index contributed by atoms with van der Waals surface area (Å²) < 4.78 is 18.6. The zero-order valence-electron chi connectivity index (χ0n) is 10.8. The van der Waals surface area contributed by atoms with Crippen molar-refractivity contribution in [1.82, 2.24) is 0 Å². The minimum atomic E-state index is -0.673. The monoisotopic (exact) mass is 304 g/mol. The molecule has 0 fully saturated rings. The number of ether oxygens (including phenoxy) is 1. The van der Waals surface area contributed by atoms with Gasteiger partial charge in [-0.1, -0.05) is 17.7 Å². The molecule has 0 aliphatic rings. The number of nitrogen functional groups attached to an aromatic ring is 1. The zero-order valence-corrected chi connectivity index (χ0v) is 11.5. The van der Waals surface area contributed by atoms with E-state index < -0.39 is 11.8 Å². The highest BCUT2D eigenvalue weighted by atomic mass is 35.5. The van der Waals surface area contributed by atoms with Crippen LogP contribution in [0.2, 0.25) is 5.02 Å². The molecule has 0 unspecified atom stereocenters. The molecule has 0 atom stereocenters. The third-order valence-electron chi connectivity index (χ3n) is 2.77. The van der Waals surface area contributed by atoms with Crippen LogP contribution < -0.4 is 5.73 Å². The van der Waals surface area contributed by atoms with Crippen LogP contribution in [0.5, 0.6) is 0 Å². The standard InChI is InChI=1S/C15H10ClFN2O2/c16-11-3-4-12(14(19)6-11)15(20)21-8-10-2-1-9(7-18)5-13(10)17/h1-6H,8,19H2. The van der Waals surface area contributed by atoms with Gasteiger partial charge in [0.2, 0.25) is 0 Å². The van der Waals surface area contributed by atoms with Gasteiger partial charge >= 0.3 is 5.97 Å². The fourth-order valence-electron chi connectivity index (χ4n) is 1.67. The molecule has 0 aromatic heterocycles. The SMILES string of the molecule is N#Cc1ccc(COC(=O)c2ccc(Cl)cc2N)c(F)c1. The van der Waals surface area contributed by atoms with Crippen LogP contribution in [0.1, 0.15) is 21.5 Å². The highest BCUT2D eigenvalue weighted by Crippen LogP contribution is 2.19. The lowest BCUT2D eigenvalue weighted by Crippen LogP contribution is -2.09. The molecule has 106 valence electrons. The van der Waals surface area contributed by atoms with Crippen LogP contribution in [0.15, 0.2) is 36.4 Å². The molecule has 6 heteroatoms. The minimum absolute atomic E-state index is 0.161. The third kappa shape index (κ3) is 3.50. The van der Waals surface area contributed by atoms with Crippen LogP contribution in [0.25, 0.3) is 0 Å². The van der Waals surface area contributed by atoms with E-state index >= 15 is 0 Å². The highest BCUT2D eigenvalue weighted by Gasteiger charge is 2.13. The van der Waals surface area contributed by atoms with Gasteiger partial charge < -0.3 is 10.5 Å². The lowest BCUT2D eigenvalue weighted by atomic mass is 10.1. The maximum atomic E-state index is 13.6. The highest BCUT2D eigenvalue weighted by molar-refractivity contribution is 6.31. The number of carbonyl (C=O) groups is 1. The molecule has 0 aliphatic heterocycles. The Bertz CT molecular complexity index is 741. The first-order valence-corrected chi connectivity index (χ1v) is 6.29. The number of rotatable bonds is 3. The van der Waals surface area contributed by atoms with Crippen molar-refractivity contribution in [2.24, 2.45) is 0 Å². The summed E-state index contributed by atoms with van der Waals surface area (Å²) in [5.41, 5.74) is 6.39. The quantitative estimate of drug-likeness (QED) is 0.697. The summed E-state index contributed by atoms with van der Waals surface area (Å²) in [6, 6.07) is 10.1. The molecule has 2 rings (SSSR count). The Morgan fingerprint density at radius 1 is 1.33 bits per heavy atom. The lowest BCUT2D eigenvalue weighted by Gasteiger charge is -2.08. The second-order valence-corrected chi connectivity index (χ2v) is 4.66. The van der Waals surface area contributed by atoms with Gasteiger partial charge in [-0.15, -0.1) is 0 Å². The number of esters is 1. The average molecular weight is 305 g/mol. The molecule has 0 aliphatic carbocycles. The van der Waals surface area contributed by atoms with Gasteiger partial charge in [0.05, 0.1) is 17.2 Å². The minimum Gasteiger partial charge on any atom is -0.457 e. The Kier molecular flexibility index (Phi) is 4.41. The molecular weight excluding hydrogens is 295 g/mol. The number of hydrogen-bond donors (Lipinski definition) is 1. The maximum Gasteiger partial charge on any atom is 0.340 e. The Labute approximate surface area is 125 Å². The third-order valence-corrected chi connectivity index (χ3v) is 3.01. The van der Waals surface area contributed by atoms with E-state index in [1.54, 1.807) is 0 Å². The van der Waals surface area contributed by atoms with Gasteiger partial charge in [0.25, 0.3) is 0 Å². The van der Waals surface area contributed by atoms with Gasteiger partial charge in [0, 0.05) is 16.3 Å². The van der Waals surface area contributed by atoms with E-state index in [9.17, 15) is 9.18 Å². The van der Waals surface area contributed by atoms with Crippen molar-refractivity contribution in [3.63, 3.8) is 0 Å². The molecule has 0 spiro atoms. The molecule has 0 heterocycles. The Morgan fingerprint density at radius 3 is 2.71 bits per heavy atom. The maximum absolute atomic E-state index is 13.6. The number of halogens is 2. The molecule has 0 bridgehead atoms. The van der Waals surface area contributed by atoms with E-state index in [0.29, 0.717) is 5.02 Å². The Balaban J connectivity index is 2.09. The van der Waals surface area contributed by atoms with Crippen molar-refractivity contribution in [2.45, 2.75) is 6.61 Å². The van der Waals surface area contributed by atoms with Crippen molar-refractivity contribution in [3.05, 3.63) is 63.9 Å². The van der Waals surface area contributed by atoms with E-state index in [4.69, 9.17) is 27.3 Å². The molecule has 0 radical (unpaired) electrons. The van der Waals surface area contributed by atoms with Crippen LogP contribution in [0.3, 0.4) is 0 Å². The van der Waals surface area contributed by atoms with Crippen molar-refractivity contribution >= 4 is 23.3 Å². The summed E-state index contributed by atoms with van der Waals surface area (Å²) in [4.78, 5) is 11.9. The average Bonchev–Trinajstić information content (AvgIpc) is 2.45. The molecule has 2 N–H and O–H groups in total. The molecule has 0 saturated carbocycles. The summed E-state index contributed by atoms with van der Waals surface area (Å²) in [6.45, 7) is -0.252.